The number of nitrogens with zero attached hydrogens (tertiary/aromatic N) is 1. The van der Waals surface area contributed by atoms with Gasteiger partial charge in [-0.15, -0.1) is 0 Å². The molecular formula is C9H17NO2. The first kappa shape index (κ1) is 9.52. The molecule has 0 aromatic carbocycles. The van der Waals surface area contributed by atoms with Crippen molar-refractivity contribution >= 4 is 5.71 Å². The van der Waals surface area contributed by atoms with Gasteiger partial charge in [0.05, 0.1) is 5.71 Å². The van der Waals surface area contributed by atoms with E-state index in [1.165, 1.54) is 25.0 Å². The van der Waals surface area contributed by atoms with Gasteiger partial charge in [0.1, 0.15) is 0 Å². The summed E-state index contributed by atoms with van der Waals surface area (Å²) in [5.41, 5.74) is 1.20. The highest BCUT2D eigenvalue weighted by atomic mass is 16.7. The predicted octanol–water partition coefficient (Wildman–Crippen LogP) is 2.32. The predicted molar refractivity (Wildman–Crippen MR) is 48.1 cm³/mol. The number of hydrogen-bond acceptors (Lipinski definition) is 3. The smallest absolute Gasteiger partial charge is 0.216 e. The minimum atomic E-state index is 0.292. The maximum Gasteiger partial charge on any atom is 0.216 e. The van der Waals surface area contributed by atoms with Gasteiger partial charge in [0, 0.05) is 6.61 Å². The van der Waals surface area contributed by atoms with Crippen molar-refractivity contribution in [2.45, 2.75) is 39.0 Å². The summed E-state index contributed by atoms with van der Waals surface area (Å²) in [7, 11) is 0. The first-order valence-corrected chi connectivity index (χ1v) is 4.69. The largest absolute Gasteiger partial charge is 0.367 e. The van der Waals surface area contributed by atoms with Crippen LogP contribution in [0.2, 0.25) is 0 Å². The molecule has 0 unspecified atom stereocenters. The van der Waals surface area contributed by atoms with E-state index in [2.05, 4.69) is 5.16 Å². The summed E-state index contributed by atoms with van der Waals surface area (Å²) in [6, 6.07) is 0. The molecule has 12 heavy (non-hydrogen) atoms. The lowest BCUT2D eigenvalue weighted by Crippen LogP contribution is -2.06. The van der Waals surface area contributed by atoms with E-state index < -0.39 is 0 Å². The second-order valence-electron chi connectivity index (χ2n) is 2.96. The standard InChI is InChI=1S/C9H17NO2/c1-2-11-8-12-10-9-6-4-3-5-7-9/h2-8H2,1H3. The van der Waals surface area contributed by atoms with E-state index in [9.17, 15) is 0 Å². The van der Waals surface area contributed by atoms with Crippen molar-refractivity contribution < 1.29 is 9.57 Å². The van der Waals surface area contributed by atoms with Gasteiger partial charge in [-0.25, -0.2) is 0 Å². The topological polar surface area (TPSA) is 30.8 Å². The van der Waals surface area contributed by atoms with Crippen molar-refractivity contribution in [2.75, 3.05) is 13.4 Å². The molecule has 1 fully saturated rings. The molecule has 0 heterocycles. The van der Waals surface area contributed by atoms with Crippen LogP contribution in [0, 0.1) is 0 Å². The van der Waals surface area contributed by atoms with Gasteiger partial charge in [0.25, 0.3) is 0 Å². The van der Waals surface area contributed by atoms with E-state index in [1.54, 1.807) is 0 Å². The fourth-order valence-electron chi connectivity index (χ4n) is 1.29. The number of ether oxygens (including phenoxy) is 1. The van der Waals surface area contributed by atoms with E-state index in [0.717, 1.165) is 12.8 Å². The molecule has 0 aliphatic heterocycles. The molecule has 0 aromatic heterocycles. The molecule has 70 valence electrons. The third-order valence-corrected chi connectivity index (χ3v) is 1.96. The Balaban J connectivity index is 2.08. The fraction of sp³-hybridized carbons (Fsp3) is 0.889. The molecule has 1 aliphatic carbocycles. The summed E-state index contributed by atoms with van der Waals surface area (Å²) < 4.78 is 5.00. The van der Waals surface area contributed by atoms with Crippen LogP contribution < -0.4 is 0 Å². The van der Waals surface area contributed by atoms with E-state index in [4.69, 9.17) is 9.57 Å². The molecule has 0 N–H and O–H groups in total. The zero-order valence-corrected chi connectivity index (χ0v) is 7.71. The van der Waals surface area contributed by atoms with Crippen LogP contribution in [0.25, 0.3) is 0 Å². The molecule has 3 nitrogen and oxygen atoms in total. The monoisotopic (exact) mass is 171 g/mol. The van der Waals surface area contributed by atoms with Crippen LogP contribution in [-0.2, 0) is 9.57 Å². The highest BCUT2D eigenvalue weighted by Gasteiger charge is 2.06. The van der Waals surface area contributed by atoms with Crippen molar-refractivity contribution in [3.05, 3.63) is 0 Å². The van der Waals surface area contributed by atoms with Gasteiger partial charge in [-0.2, -0.15) is 0 Å². The van der Waals surface area contributed by atoms with E-state index in [-0.39, 0.29) is 0 Å². The number of rotatable bonds is 4. The molecule has 0 spiro atoms. The third kappa shape index (κ3) is 3.72. The van der Waals surface area contributed by atoms with Crippen molar-refractivity contribution in [3.63, 3.8) is 0 Å². The van der Waals surface area contributed by atoms with Crippen molar-refractivity contribution in [3.8, 4) is 0 Å². The van der Waals surface area contributed by atoms with Gasteiger partial charge in [-0.05, 0) is 32.6 Å². The van der Waals surface area contributed by atoms with Crippen LogP contribution in [0.1, 0.15) is 39.0 Å². The quantitative estimate of drug-likeness (QED) is 0.369. The molecular weight excluding hydrogens is 154 g/mol. The Kier molecular flexibility index (Phi) is 4.76. The van der Waals surface area contributed by atoms with Crippen molar-refractivity contribution in [1.29, 1.82) is 0 Å². The van der Waals surface area contributed by atoms with Crippen molar-refractivity contribution in [1.82, 2.24) is 0 Å². The molecule has 0 bridgehead atoms. The Morgan fingerprint density at radius 2 is 2.00 bits per heavy atom. The van der Waals surface area contributed by atoms with Gasteiger partial charge in [-0.3, -0.25) is 0 Å². The van der Waals surface area contributed by atoms with E-state index in [1.807, 2.05) is 6.92 Å². The normalized spacial score (nSPS) is 17.6. The lowest BCUT2D eigenvalue weighted by molar-refractivity contribution is -0.0480. The van der Waals surface area contributed by atoms with Gasteiger partial charge in [-0.1, -0.05) is 11.6 Å². The number of hydrogen-bond donors (Lipinski definition) is 0. The number of oxime groups is 1. The van der Waals surface area contributed by atoms with Crippen LogP contribution in [-0.4, -0.2) is 19.1 Å². The zero-order chi connectivity index (χ0) is 8.65. The molecule has 0 atom stereocenters. The molecule has 0 aromatic rings. The van der Waals surface area contributed by atoms with Crippen molar-refractivity contribution in [2.24, 2.45) is 5.16 Å². The Morgan fingerprint density at radius 3 is 2.67 bits per heavy atom. The van der Waals surface area contributed by atoms with Crippen LogP contribution in [0.15, 0.2) is 5.16 Å². The minimum absolute atomic E-state index is 0.292. The van der Waals surface area contributed by atoms with E-state index in [0.29, 0.717) is 13.4 Å². The summed E-state index contributed by atoms with van der Waals surface area (Å²) in [6.45, 7) is 2.92. The maximum atomic E-state index is 5.00. The summed E-state index contributed by atoms with van der Waals surface area (Å²) in [5, 5.41) is 4.01. The Hall–Kier alpha value is -0.570. The van der Waals surface area contributed by atoms with Gasteiger partial charge >= 0.3 is 0 Å². The average molecular weight is 171 g/mol. The van der Waals surface area contributed by atoms with Gasteiger partial charge in [0.15, 0.2) is 0 Å². The molecule has 3 heteroatoms. The summed E-state index contributed by atoms with van der Waals surface area (Å²) in [4.78, 5) is 4.98. The molecule has 1 aliphatic rings. The Morgan fingerprint density at radius 1 is 1.25 bits per heavy atom. The fourth-order valence-corrected chi connectivity index (χ4v) is 1.29. The maximum absolute atomic E-state index is 5.00. The Bertz CT molecular complexity index is 137. The zero-order valence-electron chi connectivity index (χ0n) is 7.71. The summed E-state index contributed by atoms with van der Waals surface area (Å²) in [6.07, 6.45) is 6.07. The summed E-state index contributed by atoms with van der Waals surface area (Å²) >= 11 is 0. The highest BCUT2D eigenvalue weighted by Crippen LogP contribution is 2.14. The van der Waals surface area contributed by atoms with Crippen LogP contribution >= 0.6 is 0 Å². The van der Waals surface area contributed by atoms with Crippen LogP contribution in [0.4, 0.5) is 0 Å². The minimum Gasteiger partial charge on any atom is -0.367 e. The third-order valence-electron chi connectivity index (χ3n) is 1.96. The second-order valence-corrected chi connectivity index (χ2v) is 2.96. The first-order chi connectivity index (χ1) is 5.93. The lowest BCUT2D eigenvalue weighted by Gasteiger charge is -2.11. The molecule has 0 radical (unpaired) electrons. The van der Waals surface area contributed by atoms with Gasteiger partial charge < -0.3 is 9.57 Å². The lowest BCUT2D eigenvalue weighted by atomic mass is 9.99. The first-order valence-electron chi connectivity index (χ1n) is 4.69. The average Bonchev–Trinajstić information content (AvgIpc) is 2.14. The van der Waals surface area contributed by atoms with E-state index >= 15 is 0 Å². The summed E-state index contributed by atoms with van der Waals surface area (Å²) in [5.74, 6) is 0. The van der Waals surface area contributed by atoms with Crippen LogP contribution in [0.5, 0.6) is 0 Å². The van der Waals surface area contributed by atoms with Crippen LogP contribution in [0.3, 0.4) is 0 Å². The van der Waals surface area contributed by atoms with Gasteiger partial charge in [0.2, 0.25) is 6.79 Å². The second kappa shape index (κ2) is 6.00. The molecule has 1 rings (SSSR count). The molecule has 0 amide bonds. The molecule has 1 saturated carbocycles. The Labute approximate surface area is 73.7 Å². The highest BCUT2D eigenvalue weighted by molar-refractivity contribution is 5.84. The SMILES string of the molecule is CCOCON=C1CCCCC1. The molecule has 0 saturated heterocycles.